The number of ether oxygens (including phenoxy) is 1. The average molecular weight is 308 g/mol. The highest BCUT2D eigenvalue weighted by Crippen LogP contribution is 2.25. The Hall–Kier alpha value is -2.87. The molecule has 118 valence electrons. The summed E-state index contributed by atoms with van der Waals surface area (Å²) < 4.78 is 4.55. The topological polar surface area (TPSA) is 139 Å². The third-order valence-corrected chi connectivity index (χ3v) is 2.48. The van der Waals surface area contributed by atoms with Gasteiger partial charge in [-0.1, -0.05) is 6.07 Å². The van der Waals surface area contributed by atoms with Crippen molar-refractivity contribution in [1.29, 1.82) is 0 Å². The molecule has 1 aromatic carbocycles. The van der Waals surface area contributed by atoms with Crippen molar-refractivity contribution in [2.45, 2.75) is 13.0 Å². The van der Waals surface area contributed by atoms with Crippen molar-refractivity contribution in [3.63, 3.8) is 0 Å². The molecule has 0 heterocycles. The molecule has 0 unspecified atom stereocenters. The molecule has 1 aromatic rings. The van der Waals surface area contributed by atoms with E-state index in [2.05, 4.69) is 4.74 Å². The van der Waals surface area contributed by atoms with Gasteiger partial charge in [0.1, 0.15) is 12.6 Å². The van der Waals surface area contributed by atoms with Crippen LogP contribution < -0.4 is 11.1 Å². The predicted octanol–water partition coefficient (Wildman–Crippen LogP) is -0.356. The first-order valence-corrected chi connectivity index (χ1v) is 6.23. The van der Waals surface area contributed by atoms with Crippen LogP contribution in [0.5, 0.6) is 11.5 Å². The van der Waals surface area contributed by atoms with Crippen molar-refractivity contribution < 1.29 is 29.3 Å². The average Bonchev–Trinajstić information content (AvgIpc) is 2.45. The fourth-order valence-corrected chi connectivity index (χ4v) is 1.35. The number of amides is 2. The van der Waals surface area contributed by atoms with E-state index in [-0.39, 0.29) is 18.1 Å². The second kappa shape index (κ2) is 7.79. The van der Waals surface area contributed by atoms with Gasteiger partial charge < -0.3 is 20.7 Å². The minimum absolute atomic E-state index is 0.284. The lowest BCUT2D eigenvalue weighted by molar-refractivity contribution is -0.142. The summed E-state index contributed by atoms with van der Waals surface area (Å²) in [5.74, 6) is -2.71. The number of esters is 1. The SMILES string of the molecule is CC(=O)OC[C@H](N)C(=O)NC(=O)/C=C/c1ccc(O)c(O)c1. The lowest BCUT2D eigenvalue weighted by Crippen LogP contribution is -2.45. The van der Waals surface area contributed by atoms with Crippen LogP contribution in [-0.2, 0) is 19.1 Å². The lowest BCUT2D eigenvalue weighted by Gasteiger charge is -2.10. The van der Waals surface area contributed by atoms with Gasteiger partial charge in [-0.3, -0.25) is 19.7 Å². The third kappa shape index (κ3) is 5.63. The van der Waals surface area contributed by atoms with Gasteiger partial charge in [0.05, 0.1) is 0 Å². The molecule has 1 atom stereocenters. The van der Waals surface area contributed by atoms with Crippen molar-refractivity contribution in [2.75, 3.05) is 6.61 Å². The Morgan fingerprint density at radius 3 is 2.59 bits per heavy atom. The molecular weight excluding hydrogens is 292 g/mol. The van der Waals surface area contributed by atoms with Gasteiger partial charge in [-0.15, -0.1) is 0 Å². The Morgan fingerprint density at radius 2 is 2.00 bits per heavy atom. The van der Waals surface area contributed by atoms with Crippen LogP contribution in [0.25, 0.3) is 6.08 Å². The Labute approximate surface area is 126 Å². The van der Waals surface area contributed by atoms with E-state index in [9.17, 15) is 19.5 Å². The molecule has 0 saturated carbocycles. The van der Waals surface area contributed by atoms with Crippen LogP contribution >= 0.6 is 0 Å². The summed E-state index contributed by atoms with van der Waals surface area (Å²) in [4.78, 5) is 33.6. The highest BCUT2D eigenvalue weighted by atomic mass is 16.5. The summed E-state index contributed by atoms with van der Waals surface area (Å²) in [5.41, 5.74) is 5.88. The van der Waals surface area contributed by atoms with Crippen molar-refractivity contribution >= 4 is 23.9 Å². The number of benzene rings is 1. The second-order valence-corrected chi connectivity index (χ2v) is 4.34. The summed E-state index contributed by atoms with van der Waals surface area (Å²) in [7, 11) is 0. The summed E-state index contributed by atoms with van der Waals surface area (Å²) in [6.07, 6.45) is 2.39. The summed E-state index contributed by atoms with van der Waals surface area (Å²) >= 11 is 0. The zero-order chi connectivity index (χ0) is 16.7. The van der Waals surface area contributed by atoms with E-state index >= 15 is 0 Å². The van der Waals surface area contributed by atoms with Crippen LogP contribution in [0.4, 0.5) is 0 Å². The molecule has 22 heavy (non-hydrogen) atoms. The van der Waals surface area contributed by atoms with Crippen LogP contribution in [0.15, 0.2) is 24.3 Å². The van der Waals surface area contributed by atoms with Gasteiger partial charge in [0.2, 0.25) is 5.91 Å². The normalized spacial score (nSPS) is 11.9. The number of hydrogen-bond acceptors (Lipinski definition) is 7. The molecule has 8 nitrogen and oxygen atoms in total. The third-order valence-electron chi connectivity index (χ3n) is 2.48. The molecule has 0 spiro atoms. The summed E-state index contributed by atoms with van der Waals surface area (Å²) in [6.45, 7) is 0.843. The van der Waals surface area contributed by atoms with Gasteiger partial charge in [-0.05, 0) is 23.8 Å². The molecule has 0 aliphatic carbocycles. The number of hydrogen-bond donors (Lipinski definition) is 4. The maximum atomic E-state index is 11.5. The molecule has 5 N–H and O–H groups in total. The zero-order valence-electron chi connectivity index (χ0n) is 11.8. The number of nitrogens with two attached hydrogens (primary N) is 1. The number of carbonyl (C=O) groups excluding carboxylic acids is 3. The monoisotopic (exact) mass is 308 g/mol. The van der Waals surface area contributed by atoms with Crippen molar-refractivity contribution in [1.82, 2.24) is 5.32 Å². The quantitative estimate of drug-likeness (QED) is 0.331. The summed E-state index contributed by atoms with van der Waals surface area (Å²) in [5, 5.41) is 20.4. The van der Waals surface area contributed by atoms with Gasteiger partial charge in [0.15, 0.2) is 11.5 Å². The molecule has 0 aliphatic heterocycles. The first kappa shape index (κ1) is 17.2. The Kier molecular flexibility index (Phi) is 6.09. The standard InChI is InChI=1S/C14H16N2O6/c1-8(17)22-7-10(15)14(21)16-13(20)5-3-9-2-4-11(18)12(19)6-9/h2-6,10,18-19H,7,15H2,1H3,(H,16,20,21)/b5-3+/t10-/m0/s1. The smallest absolute Gasteiger partial charge is 0.302 e. The van der Waals surface area contributed by atoms with Crippen LogP contribution in [0, 0.1) is 0 Å². The van der Waals surface area contributed by atoms with E-state index in [4.69, 9.17) is 10.8 Å². The number of rotatable bonds is 5. The molecule has 2 amide bonds. The minimum atomic E-state index is -1.15. The van der Waals surface area contributed by atoms with Crippen molar-refractivity contribution in [2.24, 2.45) is 5.73 Å². The molecule has 8 heteroatoms. The van der Waals surface area contributed by atoms with E-state index in [0.717, 1.165) is 6.08 Å². The fourth-order valence-electron chi connectivity index (χ4n) is 1.35. The minimum Gasteiger partial charge on any atom is -0.504 e. The van der Waals surface area contributed by atoms with Crippen LogP contribution in [-0.4, -0.2) is 40.6 Å². The van der Waals surface area contributed by atoms with E-state index in [1.807, 2.05) is 5.32 Å². The maximum absolute atomic E-state index is 11.5. The predicted molar refractivity (Wildman–Crippen MR) is 76.6 cm³/mol. The Bertz CT molecular complexity index is 611. The molecule has 0 aromatic heterocycles. The fraction of sp³-hybridized carbons (Fsp3) is 0.214. The highest BCUT2D eigenvalue weighted by Gasteiger charge is 2.16. The largest absolute Gasteiger partial charge is 0.504 e. The number of phenolic OH excluding ortho intramolecular Hbond substituents is 2. The number of aromatic hydroxyl groups is 2. The summed E-state index contributed by atoms with van der Waals surface area (Å²) in [6, 6.07) is 2.81. The molecule has 1 rings (SSSR count). The van der Waals surface area contributed by atoms with E-state index in [1.165, 1.54) is 31.2 Å². The van der Waals surface area contributed by atoms with Gasteiger partial charge in [-0.2, -0.15) is 0 Å². The van der Waals surface area contributed by atoms with Crippen LogP contribution in [0.2, 0.25) is 0 Å². The van der Waals surface area contributed by atoms with Gasteiger partial charge in [-0.25, -0.2) is 0 Å². The molecule has 0 saturated heterocycles. The number of nitrogens with one attached hydrogen (secondary N) is 1. The van der Waals surface area contributed by atoms with Crippen LogP contribution in [0.1, 0.15) is 12.5 Å². The van der Waals surface area contributed by atoms with Gasteiger partial charge in [0.25, 0.3) is 5.91 Å². The molecule has 0 aliphatic rings. The lowest BCUT2D eigenvalue weighted by atomic mass is 10.2. The van der Waals surface area contributed by atoms with Crippen molar-refractivity contribution in [3.8, 4) is 11.5 Å². The number of carbonyl (C=O) groups is 3. The highest BCUT2D eigenvalue weighted by molar-refractivity contribution is 6.04. The van der Waals surface area contributed by atoms with E-state index in [0.29, 0.717) is 5.56 Å². The zero-order valence-corrected chi connectivity index (χ0v) is 11.8. The van der Waals surface area contributed by atoms with Crippen molar-refractivity contribution in [3.05, 3.63) is 29.8 Å². The second-order valence-electron chi connectivity index (χ2n) is 4.34. The number of imide groups is 1. The van der Waals surface area contributed by atoms with E-state index < -0.39 is 23.8 Å². The van der Waals surface area contributed by atoms with Gasteiger partial charge in [0, 0.05) is 13.0 Å². The molecule has 0 fully saturated rings. The van der Waals surface area contributed by atoms with Crippen LogP contribution in [0.3, 0.4) is 0 Å². The molecular formula is C14H16N2O6. The Balaban J connectivity index is 2.54. The van der Waals surface area contributed by atoms with E-state index in [1.54, 1.807) is 0 Å². The van der Waals surface area contributed by atoms with Gasteiger partial charge >= 0.3 is 5.97 Å². The first-order chi connectivity index (χ1) is 10.3. The Morgan fingerprint density at radius 1 is 1.32 bits per heavy atom. The maximum Gasteiger partial charge on any atom is 0.302 e. The molecule has 0 bridgehead atoms. The number of phenols is 2. The first-order valence-electron chi connectivity index (χ1n) is 6.23. The molecule has 0 radical (unpaired) electrons.